The third-order valence-corrected chi connectivity index (χ3v) is 5.78. The smallest absolute Gasteiger partial charge is 0.270 e. The van der Waals surface area contributed by atoms with Crippen molar-refractivity contribution in [2.45, 2.75) is 44.8 Å². The van der Waals surface area contributed by atoms with E-state index in [1.807, 2.05) is 12.1 Å². The fraction of sp³-hybridized carbons (Fsp3) is 0.364. The number of hydrogen-bond donors (Lipinski definition) is 2. The molecule has 1 unspecified atom stereocenters. The van der Waals surface area contributed by atoms with Crippen molar-refractivity contribution in [3.63, 3.8) is 0 Å². The van der Waals surface area contributed by atoms with Crippen molar-refractivity contribution < 1.29 is 14.3 Å². The predicted molar refractivity (Wildman–Crippen MR) is 111 cm³/mol. The first kappa shape index (κ1) is 20.0. The van der Waals surface area contributed by atoms with Crippen molar-refractivity contribution in [1.82, 2.24) is 19.9 Å². The van der Waals surface area contributed by atoms with Gasteiger partial charge in [-0.2, -0.15) is 5.10 Å². The van der Waals surface area contributed by atoms with Gasteiger partial charge < -0.3 is 15.8 Å². The number of carbonyl (C=O) groups excluding carboxylic acids is 2. The lowest BCUT2D eigenvalue weighted by molar-refractivity contribution is 0.0920. The molecule has 4 rings (SSSR count). The number of primary amides is 1. The number of nitrogens with zero attached hydrogens (tertiary/aromatic N) is 3. The summed E-state index contributed by atoms with van der Waals surface area (Å²) < 4.78 is 6.48. The first-order valence-electron chi connectivity index (χ1n) is 9.89. The van der Waals surface area contributed by atoms with Crippen LogP contribution in [0, 0.1) is 0 Å². The summed E-state index contributed by atoms with van der Waals surface area (Å²) in [7, 11) is 1.50. The molecule has 0 saturated heterocycles. The minimum absolute atomic E-state index is 0.0647. The number of aromatic nitrogens is 3. The van der Waals surface area contributed by atoms with Gasteiger partial charge >= 0.3 is 0 Å². The number of benzene rings is 1. The van der Waals surface area contributed by atoms with E-state index >= 15 is 0 Å². The topological polar surface area (TPSA) is 112 Å². The Morgan fingerprint density at radius 3 is 2.80 bits per heavy atom. The molecule has 8 heteroatoms. The van der Waals surface area contributed by atoms with Crippen LogP contribution in [0.3, 0.4) is 0 Å². The molecule has 3 aromatic rings. The van der Waals surface area contributed by atoms with Crippen molar-refractivity contribution >= 4 is 17.5 Å². The van der Waals surface area contributed by atoms with Crippen LogP contribution in [-0.4, -0.2) is 33.5 Å². The molecular formula is C22H25N5O3. The lowest BCUT2D eigenvalue weighted by Crippen LogP contribution is -2.36. The molecule has 1 aromatic carbocycles. The summed E-state index contributed by atoms with van der Waals surface area (Å²) in [5.74, 6) is -0.949. The van der Waals surface area contributed by atoms with E-state index in [1.54, 1.807) is 6.07 Å². The summed E-state index contributed by atoms with van der Waals surface area (Å²) in [6.07, 6.45) is 3.28. The van der Waals surface area contributed by atoms with Gasteiger partial charge in [0, 0.05) is 13.3 Å². The molecule has 1 aliphatic carbocycles. The van der Waals surface area contributed by atoms with Gasteiger partial charge in [0.25, 0.3) is 11.8 Å². The maximum absolute atomic E-state index is 13.2. The zero-order valence-corrected chi connectivity index (χ0v) is 17.3. The summed E-state index contributed by atoms with van der Waals surface area (Å²) in [5, 5.41) is 7.51. The molecule has 30 heavy (non-hydrogen) atoms. The second kappa shape index (κ2) is 7.53. The molecule has 2 heterocycles. The van der Waals surface area contributed by atoms with Gasteiger partial charge in [-0.1, -0.05) is 38.1 Å². The second-order valence-corrected chi connectivity index (χ2v) is 8.22. The lowest BCUT2D eigenvalue weighted by Gasteiger charge is -2.37. The van der Waals surface area contributed by atoms with E-state index in [9.17, 15) is 9.59 Å². The summed E-state index contributed by atoms with van der Waals surface area (Å²) in [6.45, 7) is 4.54. The highest BCUT2D eigenvalue weighted by molar-refractivity contribution is 6.01. The van der Waals surface area contributed by atoms with Crippen LogP contribution in [-0.2, 0) is 16.8 Å². The van der Waals surface area contributed by atoms with Gasteiger partial charge in [-0.25, -0.2) is 9.50 Å². The Morgan fingerprint density at radius 1 is 1.30 bits per heavy atom. The van der Waals surface area contributed by atoms with Crippen LogP contribution < -0.4 is 11.1 Å². The molecule has 8 nitrogen and oxygen atoms in total. The van der Waals surface area contributed by atoms with Gasteiger partial charge in [0.1, 0.15) is 17.0 Å². The maximum atomic E-state index is 13.2. The Labute approximate surface area is 174 Å². The molecule has 0 fully saturated rings. The molecular weight excluding hydrogens is 382 g/mol. The lowest BCUT2D eigenvalue weighted by atomic mass is 9.71. The number of methoxy groups -OCH3 is 1. The van der Waals surface area contributed by atoms with E-state index in [0.29, 0.717) is 5.69 Å². The number of ether oxygens (including phenoxy) is 1. The Hall–Kier alpha value is -3.26. The number of nitrogens with two attached hydrogens (primary N) is 1. The van der Waals surface area contributed by atoms with E-state index in [4.69, 9.17) is 10.5 Å². The zero-order valence-electron chi connectivity index (χ0n) is 17.3. The van der Waals surface area contributed by atoms with Gasteiger partial charge in [-0.15, -0.1) is 0 Å². The third-order valence-electron chi connectivity index (χ3n) is 5.78. The van der Waals surface area contributed by atoms with Crippen LogP contribution in [0.2, 0.25) is 0 Å². The van der Waals surface area contributed by atoms with Crippen LogP contribution in [0.1, 0.15) is 70.4 Å². The third kappa shape index (κ3) is 3.33. The molecule has 0 spiro atoms. The van der Waals surface area contributed by atoms with Gasteiger partial charge in [0.2, 0.25) is 0 Å². The number of rotatable bonds is 5. The normalized spacial score (nSPS) is 17.5. The van der Waals surface area contributed by atoms with Crippen LogP contribution in [0.5, 0.6) is 0 Å². The number of fused-ring (bicyclic) bond motifs is 2. The molecule has 156 valence electrons. The number of amides is 2. The Kier molecular flexibility index (Phi) is 5.03. The highest BCUT2D eigenvalue weighted by Crippen LogP contribution is 2.41. The first-order chi connectivity index (χ1) is 14.3. The summed E-state index contributed by atoms with van der Waals surface area (Å²) >= 11 is 0. The van der Waals surface area contributed by atoms with Crippen molar-refractivity contribution in [1.29, 1.82) is 0 Å². The van der Waals surface area contributed by atoms with E-state index in [-0.39, 0.29) is 40.9 Å². The highest BCUT2D eigenvalue weighted by Gasteiger charge is 2.33. The van der Waals surface area contributed by atoms with Crippen LogP contribution in [0.15, 0.2) is 36.5 Å². The quantitative estimate of drug-likeness (QED) is 0.675. The van der Waals surface area contributed by atoms with Crippen molar-refractivity contribution in [2.24, 2.45) is 5.73 Å². The van der Waals surface area contributed by atoms with Gasteiger partial charge in [-0.3, -0.25) is 9.59 Å². The van der Waals surface area contributed by atoms with E-state index in [0.717, 1.165) is 18.4 Å². The summed E-state index contributed by atoms with van der Waals surface area (Å²) in [6, 6.07) is 9.70. The number of carbonyl (C=O) groups is 2. The second-order valence-electron chi connectivity index (χ2n) is 8.22. The minimum Gasteiger partial charge on any atom is -0.378 e. The van der Waals surface area contributed by atoms with Crippen molar-refractivity contribution in [3.05, 3.63) is 64.6 Å². The molecule has 0 aliphatic heterocycles. The molecule has 2 aromatic heterocycles. The zero-order chi connectivity index (χ0) is 21.5. The Balaban J connectivity index is 1.71. The molecule has 2 amide bonds. The van der Waals surface area contributed by atoms with E-state index in [2.05, 4.69) is 41.4 Å². The monoisotopic (exact) mass is 407 g/mol. The summed E-state index contributed by atoms with van der Waals surface area (Å²) in [4.78, 5) is 29.4. The van der Waals surface area contributed by atoms with Gasteiger partial charge in [0.15, 0.2) is 5.65 Å². The fourth-order valence-corrected chi connectivity index (χ4v) is 4.25. The molecule has 1 atom stereocenters. The SMILES string of the molecule is COCc1nn2c(C(=O)NC3CCC(C)(C)c4ccccc43)ccnc2c1C(N)=O. The van der Waals surface area contributed by atoms with Crippen molar-refractivity contribution in [2.75, 3.05) is 7.11 Å². The fourth-order valence-electron chi connectivity index (χ4n) is 4.25. The maximum Gasteiger partial charge on any atom is 0.270 e. The standard InChI is InChI=1S/C22H25N5O3/c1-22(2)10-8-15(13-6-4-5-7-14(13)22)25-21(29)17-9-11-24-20-18(19(23)28)16(12-30-3)26-27(17)20/h4-7,9,11,15H,8,10,12H2,1-3H3,(H2,23,28)(H,25,29). The van der Waals surface area contributed by atoms with Crippen LogP contribution >= 0.6 is 0 Å². The molecule has 1 aliphatic rings. The van der Waals surface area contributed by atoms with Crippen LogP contribution in [0.4, 0.5) is 0 Å². The van der Waals surface area contributed by atoms with E-state index in [1.165, 1.54) is 23.4 Å². The average Bonchev–Trinajstić information content (AvgIpc) is 3.09. The number of hydrogen-bond acceptors (Lipinski definition) is 5. The number of nitrogens with one attached hydrogen (secondary N) is 1. The Bertz CT molecular complexity index is 1140. The van der Waals surface area contributed by atoms with Crippen molar-refractivity contribution in [3.8, 4) is 0 Å². The predicted octanol–water partition coefficient (Wildman–Crippen LogP) is 2.52. The highest BCUT2D eigenvalue weighted by atomic mass is 16.5. The van der Waals surface area contributed by atoms with Crippen LogP contribution in [0.25, 0.3) is 5.65 Å². The molecule has 0 radical (unpaired) electrons. The van der Waals surface area contributed by atoms with E-state index < -0.39 is 5.91 Å². The van der Waals surface area contributed by atoms with Gasteiger partial charge in [0.05, 0.1) is 12.6 Å². The van der Waals surface area contributed by atoms with Gasteiger partial charge in [-0.05, 0) is 35.4 Å². The summed E-state index contributed by atoms with van der Waals surface area (Å²) in [5.41, 5.74) is 9.01. The molecule has 3 N–H and O–H groups in total. The average molecular weight is 407 g/mol. The minimum atomic E-state index is -0.662. The Morgan fingerprint density at radius 2 is 2.07 bits per heavy atom. The molecule has 0 bridgehead atoms. The first-order valence-corrected chi connectivity index (χ1v) is 9.89. The molecule has 0 saturated carbocycles. The largest absolute Gasteiger partial charge is 0.378 e.